The summed E-state index contributed by atoms with van der Waals surface area (Å²) >= 11 is 0. The molecule has 106 valence electrons. The molecule has 0 aliphatic heterocycles. The minimum atomic E-state index is 0.612. The van der Waals surface area contributed by atoms with Gasteiger partial charge in [-0.05, 0) is 42.3 Å². The van der Waals surface area contributed by atoms with Crippen LogP contribution in [0.3, 0.4) is 0 Å². The number of ether oxygens (including phenoxy) is 1. The predicted octanol–water partition coefficient (Wildman–Crippen LogP) is 3.05. The summed E-state index contributed by atoms with van der Waals surface area (Å²) in [5.41, 5.74) is 4.43. The SMILES string of the molecule is COc1ccc(Cc2nc3cc(C)ccn3c2C=O)cc1. The van der Waals surface area contributed by atoms with Crippen molar-refractivity contribution in [3.8, 4) is 5.75 Å². The van der Waals surface area contributed by atoms with Gasteiger partial charge in [0.15, 0.2) is 6.29 Å². The molecular formula is C17H16N2O2. The predicted molar refractivity (Wildman–Crippen MR) is 81.1 cm³/mol. The van der Waals surface area contributed by atoms with E-state index in [0.29, 0.717) is 12.1 Å². The third-order valence-electron chi connectivity index (χ3n) is 3.54. The standard InChI is InChI=1S/C17H16N2O2/c1-12-7-8-19-16(11-20)15(18-17(19)9-12)10-13-3-5-14(21-2)6-4-13/h3-9,11H,10H2,1-2H3. The fourth-order valence-electron chi connectivity index (χ4n) is 2.41. The molecule has 0 saturated carbocycles. The van der Waals surface area contributed by atoms with Gasteiger partial charge in [0.2, 0.25) is 0 Å². The molecule has 3 aromatic rings. The van der Waals surface area contributed by atoms with Gasteiger partial charge in [0.05, 0.1) is 12.8 Å². The van der Waals surface area contributed by atoms with Crippen molar-refractivity contribution in [2.75, 3.05) is 7.11 Å². The highest BCUT2D eigenvalue weighted by molar-refractivity contribution is 5.76. The number of benzene rings is 1. The van der Waals surface area contributed by atoms with Gasteiger partial charge in [-0.15, -0.1) is 0 Å². The topological polar surface area (TPSA) is 43.6 Å². The van der Waals surface area contributed by atoms with Crippen molar-refractivity contribution >= 4 is 11.9 Å². The van der Waals surface area contributed by atoms with Crippen LogP contribution in [0.5, 0.6) is 5.75 Å². The lowest BCUT2D eigenvalue weighted by molar-refractivity contribution is 0.111. The number of aldehydes is 1. The fourth-order valence-corrected chi connectivity index (χ4v) is 2.41. The van der Waals surface area contributed by atoms with Gasteiger partial charge in [0, 0.05) is 12.6 Å². The molecule has 0 bridgehead atoms. The van der Waals surface area contributed by atoms with Crippen molar-refractivity contribution in [1.29, 1.82) is 0 Å². The van der Waals surface area contributed by atoms with Crippen molar-refractivity contribution in [1.82, 2.24) is 9.38 Å². The van der Waals surface area contributed by atoms with Crippen molar-refractivity contribution in [2.24, 2.45) is 0 Å². The van der Waals surface area contributed by atoms with Crippen LogP contribution in [0.2, 0.25) is 0 Å². The van der Waals surface area contributed by atoms with Crippen LogP contribution in [0.1, 0.15) is 27.3 Å². The van der Waals surface area contributed by atoms with Gasteiger partial charge in [-0.2, -0.15) is 0 Å². The first-order valence-electron chi connectivity index (χ1n) is 6.77. The van der Waals surface area contributed by atoms with Gasteiger partial charge >= 0.3 is 0 Å². The first-order chi connectivity index (χ1) is 10.2. The van der Waals surface area contributed by atoms with Crippen LogP contribution in [0.4, 0.5) is 0 Å². The first-order valence-corrected chi connectivity index (χ1v) is 6.77. The first kappa shape index (κ1) is 13.4. The van der Waals surface area contributed by atoms with E-state index in [-0.39, 0.29) is 0 Å². The second-order valence-corrected chi connectivity index (χ2v) is 5.02. The summed E-state index contributed by atoms with van der Waals surface area (Å²) in [5.74, 6) is 0.819. The van der Waals surface area contributed by atoms with Crippen LogP contribution in [-0.4, -0.2) is 22.8 Å². The van der Waals surface area contributed by atoms with Crippen molar-refractivity contribution in [2.45, 2.75) is 13.3 Å². The molecule has 0 aliphatic carbocycles. The number of hydrogen-bond donors (Lipinski definition) is 0. The Morgan fingerprint density at radius 3 is 2.67 bits per heavy atom. The maximum atomic E-state index is 11.4. The molecule has 2 aromatic heterocycles. The molecule has 0 N–H and O–H groups in total. The van der Waals surface area contributed by atoms with E-state index in [0.717, 1.165) is 34.5 Å². The molecule has 4 nitrogen and oxygen atoms in total. The molecule has 0 amide bonds. The Kier molecular flexibility index (Phi) is 3.44. The highest BCUT2D eigenvalue weighted by Gasteiger charge is 2.12. The molecule has 0 saturated heterocycles. The number of aryl methyl sites for hydroxylation is 1. The molecule has 0 spiro atoms. The van der Waals surface area contributed by atoms with Crippen LogP contribution in [-0.2, 0) is 6.42 Å². The molecule has 0 aliphatic rings. The highest BCUT2D eigenvalue weighted by Crippen LogP contribution is 2.18. The minimum Gasteiger partial charge on any atom is -0.497 e. The number of pyridine rings is 1. The van der Waals surface area contributed by atoms with Crippen LogP contribution in [0.15, 0.2) is 42.6 Å². The Balaban J connectivity index is 2.00. The Bertz CT molecular complexity index is 788. The monoisotopic (exact) mass is 280 g/mol. The number of carbonyl (C=O) groups excluding carboxylic acids is 1. The maximum Gasteiger partial charge on any atom is 0.168 e. The average molecular weight is 280 g/mol. The maximum absolute atomic E-state index is 11.4. The average Bonchev–Trinajstić information content (AvgIpc) is 2.84. The molecule has 0 unspecified atom stereocenters. The summed E-state index contributed by atoms with van der Waals surface area (Å²) < 4.78 is 6.98. The molecule has 0 atom stereocenters. The van der Waals surface area contributed by atoms with Crippen LogP contribution in [0, 0.1) is 6.92 Å². The van der Waals surface area contributed by atoms with E-state index < -0.39 is 0 Å². The largest absolute Gasteiger partial charge is 0.497 e. The number of imidazole rings is 1. The van der Waals surface area contributed by atoms with Crippen LogP contribution < -0.4 is 4.74 Å². The van der Waals surface area contributed by atoms with Gasteiger partial charge in [0.1, 0.15) is 17.1 Å². The molecule has 4 heteroatoms. The van der Waals surface area contributed by atoms with Gasteiger partial charge < -0.3 is 4.74 Å². The lowest BCUT2D eigenvalue weighted by Gasteiger charge is -2.02. The quantitative estimate of drug-likeness (QED) is 0.690. The van der Waals surface area contributed by atoms with Crippen molar-refractivity contribution in [3.05, 3.63) is 65.1 Å². The summed E-state index contributed by atoms with van der Waals surface area (Å²) in [6.07, 6.45) is 3.38. The zero-order chi connectivity index (χ0) is 14.8. The number of carbonyl (C=O) groups is 1. The molecule has 21 heavy (non-hydrogen) atoms. The lowest BCUT2D eigenvalue weighted by atomic mass is 10.1. The van der Waals surface area contributed by atoms with E-state index in [4.69, 9.17) is 4.74 Å². The zero-order valence-electron chi connectivity index (χ0n) is 12.0. The Morgan fingerprint density at radius 2 is 2.00 bits per heavy atom. The van der Waals surface area contributed by atoms with E-state index in [1.54, 1.807) is 7.11 Å². The molecule has 0 fully saturated rings. The lowest BCUT2D eigenvalue weighted by Crippen LogP contribution is -1.96. The summed E-state index contributed by atoms with van der Waals surface area (Å²) in [7, 11) is 1.64. The number of fused-ring (bicyclic) bond motifs is 1. The number of hydrogen-bond acceptors (Lipinski definition) is 3. The normalized spacial score (nSPS) is 10.8. The minimum absolute atomic E-state index is 0.612. The summed E-state index contributed by atoms with van der Waals surface area (Å²) in [5, 5.41) is 0. The Labute approximate surface area is 123 Å². The Morgan fingerprint density at radius 1 is 1.24 bits per heavy atom. The van der Waals surface area contributed by atoms with E-state index in [2.05, 4.69) is 4.98 Å². The van der Waals surface area contributed by atoms with Gasteiger partial charge in [-0.3, -0.25) is 9.20 Å². The second kappa shape index (κ2) is 5.40. The summed E-state index contributed by atoms with van der Waals surface area (Å²) in [4.78, 5) is 16.0. The molecular weight excluding hydrogens is 264 g/mol. The van der Waals surface area contributed by atoms with Gasteiger partial charge in [-0.25, -0.2) is 4.98 Å². The van der Waals surface area contributed by atoms with Crippen molar-refractivity contribution < 1.29 is 9.53 Å². The third-order valence-corrected chi connectivity index (χ3v) is 3.54. The van der Waals surface area contributed by atoms with E-state index in [9.17, 15) is 4.79 Å². The van der Waals surface area contributed by atoms with E-state index in [1.165, 1.54) is 0 Å². The van der Waals surface area contributed by atoms with Crippen molar-refractivity contribution in [3.63, 3.8) is 0 Å². The Hall–Kier alpha value is -2.62. The number of nitrogens with zero attached hydrogens (tertiary/aromatic N) is 2. The smallest absolute Gasteiger partial charge is 0.168 e. The second-order valence-electron chi connectivity index (χ2n) is 5.02. The number of rotatable bonds is 4. The number of methoxy groups -OCH3 is 1. The summed E-state index contributed by atoms with van der Waals surface area (Å²) in [6.45, 7) is 2.01. The molecule has 2 heterocycles. The van der Waals surface area contributed by atoms with E-state index in [1.807, 2.05) is 53.9 Å². The molecule has 0 radical (unpaired) electrons. The van der Waals surface area contributed by atoms with Crippen LogP contribution >= 0.6 is 0 Å². The molecule has 1 aromatic carbocycles. The highest BCUT2D eigenvalue weighted by atomic mass is 16.5. The fraction of sp³-hybridized carbons (Fsp3) is 0.176. The number of aromatic nitrogens is 2. The third kappa shape index (κ3) is 2.52. The van der Waals surface area contributed by atoms with Crippen LogP contribution in [0.25, 0.3) is 5.65 Å². The molecule has 3 rings (SSSR count). The zero-order valence-corrected chi connectivity index (χ0v) is 12.0. The van der Waals surface area contributed by atoms with Gasteiger partial charge in [0.25, 0.3) is 0 Å². The summed E-state index contributed by atoms with van der Waals surface area (Å²) in [6, 6.07) is 11.8. The van der Waals surface area contributed by atoms with E-state index >= 15 is 0 Å². The van der Waals surface area contributed by atoms with Gasteiger partial charge in [-0.1, -0.05) is 12.1 Å².